The van der Waals surface area contributed by atoms with Gasteiger partial charge in [0.2, 0.25) is 0 Å². The number of rotatable bonds is 5. The summed E-state index contributed by atoms with van der Waals surface area (Å²) < 4.78 is 11.2. The van der Waals surface area contributed by atoms with Crippen molar-refractivity contribution < 1.29 is 14.3 Å². The highest BCUT2D eigenvalue weighted by atomic mass is 79.9. The maximum absolute atomic E-state index is 12.0. The van der Waals surface area contributed by atoms with Crippen molar-refractivity contribution >= 4 is 21.9 Å². The third kappa shape index (κ3) is 3.28. The Bertz CT molecular complexity index is 460. The van der Waals surface area contributed by atoms with Gasteiger partial charge in [0.15, 0.2) is 0 Å². The van der Waals surface area contributed by atoms with Crippen LogP contribution < -0.4 is 10.1 Å². The van der Waals surface area contributed by atoms with E-state index in [1.807, 2.05) is 39.1 Å². The van der Waals surface area contributed by atoms with Gasteiger partial charge in [-0.1, -0.05) is 15.9 Å². The molecule has 0 spiro atoms. The van der Waals surface area contributed by atoms with Crippen LogP contribution in [-0.4, -0.2) is 27.2 Å². The third-order valence-corrected chi connectivity index (χ3v) is 3.72. The number of methoxy groups -OCH3 is 2. The molecule has 0 fully saturated rings. The van der Waals surface area contributed by atoms with Crippen LogP contribution in [0.3, 0.4) is 0 Å². The fraction of sp³-hybridized carbons (Fsp3) is 0.500. The molecule has 1 aromatic rings. The minimum atomic E-state index is -0.711. The average Bonchev–Trinajstić information content (AvgIpc) is 2.38. The molecule has 0 aromatic heterocycles. The first kappa shape index (κ1) is 16.0. The van der Waals surface area contributed by atoms with E-state index in [1.165, 1.54) is 7.11 Å². The molecular formula is C14H20BrNO3. The topological polar surface area (TPSA) is 47.6 Å². The largest absolute Gasteiger partial charge is 0.496 e. The Morgan fingerprint density at radius 1 is 1.37 bits per heavy atom. The molecule has 0 saturated carbocycles. The lowest BCUT2D eigenvalue weighted by molar-refractivity contribution is -0.152. The molecule has 0 heterocycles. The van der Waals surface area contributed by atoms with E-state index in [0.29, 0.717) is 0 Å². The second-order valence-electron chi connectivity index (χ2n) is 4.82. The predicted octanol–water partition coefficient (Wildman–Crippen LogP) is 2.92. The zero-order chi connectivity index (χ0) is 14.6. The lowest BCUT2D eigenvalue weighted by atomic mass is 9.80. The van der Waals surface area contributed by atoms with E-state index in [1.54, 1.807) is 7.11 Å². The molecule has 1 aromatic carbocycles. The van der Waals surface area contributed by atoms with Crippen molar-refractivity contribution in [2.45, 2.75) is 19.9 Å². The monoisotopic (exact) mass is 329 g/mol. The Labute approximate surface area is 122 Å². The van der Waals surface area contributed by atoms with Crippen molar-refractivity contribution in [1.29, 1.82) is 0 Å². The van der Waals surface area contributed by atoms with E-state index in [-0.39, 0.29) is 12.0 Å². The number of ether oxygens (including phenoxy) is 2. The molecule has 5 heteroatoms. The van der Waals surface area contributed by atoms with Gasteiger partial charge in [0.25, 0.3) is 0 Å². The summed E-state index contributed by atoms with van der Waals surface area (Å²) in [5.74, 6) is 0.466. The van der Waals surface area contributed by atoms with Gasteiger partial charge in [-0.25, -0.2) is 0 Å². The zero-order valence-electron chi connectivity index (χ0n) is 11.9. The minimum Gasteiger partial charge on any atom is -0.496 e. The predicted molar refractivity (Wildman–Crippen MR) is 78.3 cm³/mol. The summed E-state index contributed by atoms with van der Waals surface area (Å²) in [5.41, 5.74) is 0.201. The van der Waals surface area contributed by atoms with Crippen LogP contribution in [0.4, 0.5) is 0 Å². The summed E-state index contributed by atoms with van der Waals surface area (Å²) in [5, 5.41) is 3.17. The minimum absolute atomic E-state index is 0.215. The van der Waals surface area contributed by atoms with E-state index >= 15 is 0 Å². The molecule has 0 aliphatic carbocycles. The fourth-order valence-electron chi connectivity index (χ4n) is 2.22. The maximum Gasteiger partial charge on any atom is 0.313 e. The average molecular weight is 330 g/mol. The Kier molecular flexibility index (Phi) is 5.38. The smallest absolute Gasteiger partial charge is 0.313 e. The van der Waals surface area contributed by atoms with Crippen molar-refractivity contribution in [2.75, 3.05) is 21.3 Å². The number of benzene rings is 1. The highest BCUT2D eigenvalue weighted by Crippen LogP contribution is 2.39. The normalized spacial score (nSPS) is 12.9. The van der Waals surface area contributed by atoms with Gasteiger partial charge >= 0.3 is 5.97 Å². The van der Waals surface area contributed by atoms with E-state index in [2.05, 4.69) is 21.2 Å². The van der Waals surface area contributed by atoms with Crippen LogP contribution in [0.5, 0.6) is 5.75 Å². The van der Waals surface area contributed by atoms with Crippen LogP contribution in [0.25, 0.3) is 0 Å². The SMILES string of the molecule is CNC(c1cc(Br)ccc1OC)C(C)(C)C(=O)OC. The molecule has 1 atom stereocenters. The van der Waals surface area contributed by atoms with Crippen LogP contribution in [-0.2, 0) is 9.53 Å². The molecule has 1 N–H and O–H groups in total. The maximum atomic E-state index is 12.0. The van der Waals surface area contributed by atoms with Crippen LogP contribution in [0, 0.1) is 5.41 Å². The van der Waals surface area contributed by atoms with Gasteiger partial charge in [-0.15, -0.1) is 0 Å². The van der Waals surface area contributed by atoms with Crippen LogP contribution in [0.15, 0.2) is 22.7 Å². The Balaban J connectivity index is 3.30. The Morgan fingerprint density at radius 3 is 2.47 bits per heavy atom. The fourth-order valence-corrected chi connectivity index (χ4v) is 2.60. The number of nitrogens with one attached hydrogen (secondary N) is 1. The molecule has 0 amide bonds. The lowest BCUT2D eigenvalue weighted by Gasteiger charge is -2.32. The molecule has 0 bridgehead atoms. The van der Waals surface area contributed by atoms with Gasteiger partial charge < -0.3 is 14.8 Å². The number of halogens is 1. The number of hydrogen-bond donors (Lipinski definition) is 1. The van der Waals surface area contributed by atoms with Crippen LogP contribution >= 0.6 is 15.9 Å². The Hall–Kier alpha value is -1.07. The zero-order valence-corrected chi connectivity index (χ0v) is 13.5. The summed E-state index contributed by atoms with van der Waals surface area (Å²) in [6.45, 7) is 3.70. The quantitative estimate of drug-likeness (QED) is 0.844. The molecule has 0 aliphatic rings. The summed E-state index contributed by atoms with van der Waals surface area (Å²) in [6, 6.07) is 5.51. The molecule has 1 unspecified atom stereocenters. The Morgan fingerprint density at radius 2 is 2.00 bits per heavy atom. The number of carbonyl (C=O) groups excluding carboxylic acids is 1. The second kappa shape index (κ2) is 6.39. The summed E-state index contributed by atoms with van der Waals surface area (Å²) in [4.78, 5) is 12.0. The van der Waals surface area contributed by atoms with Gasteiger partial charge in [-0.05, 0) is 39.1 Å². The molecule has 1 rings (SSSR count). The number of esters is 1. The summed E-state index contributed by atoms with van der Waals surface area (Å²) >= 11 is 3.44. The summed E-state index contributed by atoms with van der Waals surface area (Å²) in [6.07, 6.45) is 0. The molecule has 0 saturated heterocycles. The van der Waals surface area contributed by atoms with E-state index in [4.69, 9.17) is 9.47 Å². The molecule has 19 heavy (non-hydrogen) atoms. The molecule has 0 aliphatic heterocycles. The third-order valence-electron chi connectivity index (χ3n) is 3.22. The van der Waals surface area contributed by atoms with Crippen molar-refractivity contribution in [3.63, 3.8) is 0 Å². The van der Waals surface area contributed by atoms with Gasteiger partial charge in [0.1, 0.15) is 5.75 Å². The van der Waals surface area contributed by atoms with Crippen molar-refractivity contribution in [1.82, 2.24) is 5.32 Å². The first-order valence-electron chi connectivity index (χ1n) is 5.97. The van der Waals surface area contributed by atoms with Gasteiger partial charge in [0.05, 0.1) is 25.7 Å². The standard InChI is InChI=1S/C14H20BrNO3/c1-14(2,13(17)19-5)12(16-3)10-8-9(15)6-7-11(10)18-4/h6-8,12,16H,1-5H3. The second-order valence-corrected chi connectivity index (χ2v) is 5.74. The molecule has 4 nitrogen and oxygen atoms in total. The number of carbonyl (C=O) groups is 1. The van der Waals surface area contributed by atoms with Crippen molar-refractivity contribution in [3.05, 3.63) is 28.2 Å². The van der Waals surface area contributed by atoms with E-state index in [9.17, 15) is 4.79 Å². The summed E-state index contributed by atoms with van der Waals surface area (Å²) in [7, 11) is 4.83. The van der Waals surface area contributed by atoms with Crippen LogP contribution in [0.2, 0.25) is 0 Å². The molecule has 0 radical (unpaired) electrons. The lowest BCUT2D eigenvalue weighted by Crippen LogP contribution is -2.39. The number of hydrogen-bond acceptors (Lipinski definition) is 4. The van der Waals surface area contributed by atoms with Gasteiger partial charge in [-0.2, -0.15) is 0 Å². The molecular weight excluding hydrogens is 310 g/mol. The van der Waals surface area contributed by atoms with Gasteiger partial charge in [0, 0.05) is 10.0 Å². The van der Waals surface area contributed by atoms with Gasteiger partial charge in [-0.3, -0.25) is 4.79 Å². The highest BCUT2D eigenvalue weighted by Gasteiger charge is 2.39. The highest BCUT2D eigenvalue weighted by molar-refractivity contribution is 9.10. The van der Waals surface area contributed by atoms with Crippen molar-refractivity contribution in [2.24, 2.45) is 5.41 Å². The van der Waals surface area contributed by atoms with Crippen LogP contribution in [0.1, 0.15) is 25.5 Å². The van der Waals surface area contributed by atoms with E-state index in [0.717, 1.165) is 15.8 Å². The first-order valence-corrected chi connectivity index (χ1v) is 6.76. The van der Waals surface area contributed by atoms with E-state index < -0.39 is 5.41 Å². The van der Waals surface area contributed by atoms with Crippen molar-refractivity contribution in [3.8, 4) is 5.75 Å². The molecule has 106 valence electrons. The first-order chi connectivity index (χ1) is 8.88.